The van der Waals surface area contributed by atoms with Crippen LogP contribution in [-0.4, -0.2) is 29.7 Å². The Morgan fingerprint density at radius 2 is 1.45 bits per heavy atom. The Kier molecular flexibility index (Phi) is 4.40. The molecule has 2 saturated carbocycles. The van der Waals surface area contributed by atoms with E-state index >= 15 is 0 Å². The van der Waals surface area contributed by atoms with Crippen molar-refractivity contribution < 1.29 is 16.0 Å². The first kappa shape index (κ1) is 14.8. The molecule has 3 heteroatoms. The molecule has 2 aliphatic carbocycles. The minimum atomic E-state index is -0.348. The van der Waals surface area contributed by atoms with Crippen molar-refractivity contribution in [2.75, 3.05) is 13.2 Å². The zero-order chi connectivity index (χ0) is 14.1. The standard InChI is InChI=1S/C17H30O3.H2/c1-2-7-16(18)8-3-14(4-9-16)15-5-10-17(11-6-15)19-12-13-20-17;/h14-15,18H,2-13H2,1H3;1H. The first-order valence-electron chi connectivity index (χ1n) is 8.65. The highest BCUT2D eigenvalue weighted by Crippen LogP contribution is 2.46. The van der Waals surface area contributed by atoms with E-state index in [1.54, 1.807) is 0 Å². The summed E-state index contributed by atoms with van der Waals surface area (Å²) >= 11 is 0. The zero-order valence-corrected chi connectivity index (χ0v) is 12.9. The quantitative estimate of drug-likeness (QED) is 0.854. The van der Waals surface area contributed by atoms with Crippen LogP contribution >= 0.6 is 0 Å². The van der Waals surface area contributed by atoms with Crippen LogP contribution in [-0.2, 0) is 9.47 Å². The lowest BCUT2D eigenvalue weighted by Gasteiger charge is -2.43. The second kappa shape index (κ2) is 5.94. The average Bonchev–Trinajstić information content (AvgIpc) is 2.89. The van der Waals surface area contributed by atoms with E-state index in [1.807, 2.05) is 0 Å². The van der Waals surface area contributed by atoms with Gasteiger partial charge in [0.05, 0.1) is 18.8 Å². The van der Waals surface area contributed by atoms with Crippen molar-refractivity contribution in [1.29, 1.82) is 0 Å². The normalized spacial score (nSPS) is 38.4. The van der Waals surface area contributed by atoms with Gasteiger partial charge >= 0.3 is 0 Å². The number of aliphatic hydroxyl groups is 1. The van der Waals surface area contributed by atoms with Gasteiger partial charge < -0.3 is 14.6 Å². The lowest BCUT2D eigenvalue weighted by Crippen LogP contribution is -2.40. The third-order valence-corrected chi connectivity index (χ3v) is 5.95. The molecule has 1 aliphatic heterocycles. The predicted octanol–water partition coefficient (Wildman–Crippen LogP) is 3.89. The molecule has 0 amide bonds. The Bertz CT molecular complexity index is 310. The molecule has 3 aliphatic rings. The molecule has 1 heterocycles. The molecule has 0 aromatic carbocycles. The van der Waals surface area contributed by atoms with Gasteiger partial charge in [0.15, 0.2) is 5.79 Å². The van der Waals surface area contributed by atoms with Gasteiger partial charge in [-0.3, -0.25) is 0 Å². The smallest absolute Gasteiger partial charge is 0.168 e. The Balaban J connectivity index is 0.00000161. The molecular formula is C17H32O3. The van der Waals surface area contributed by atoms with Gasteiger partial charge in [0.2, 0.25) is 0 Å². The van der Waals surface area contributed by atoms with Gasteiger partial charge in [0.1, 0.15) is 0 Å². The lowest BCUT2D eigenvalue weighted by molar-refractivity contribution is -0.186. The second-order valence-corrected chi connectivity index (χ2v) is 7.26. The van der Waals surface area contributed by atoms with Crippen molar-refractivity contribution in [3.8, 4) is 0 Å². The summed E-state index contributed by atoms with van der Waals surface area (Å²) in [6.45, 7) is 3.72. The van der Waals surface area contributed by atoms with Crippen molar-refractivity contribution in [2.45, 2.75) is 82.5 Å². The van der Waals surface area contributed by atoms with E-state index in [1.165, 1.54) is 25.7 Å². The molecule has 1 spiro atoms. The van der Waals surface area contributed by atoms with E-state index in [4.69, 9.17) is 9.47 Å². The molecule has 1 saturated heterocycles. The predicted molar refractivity (Wildman–Crippen MR) is 80.5 cm³/mol. The third-order valence-electron chi connectivity index (χ3n) is 5.95. The highest BCUT2D eigenvalue weighted by atomic mass is 16.7. The summed E-state index contributed by atoms with van der Waals surface area (Å²) < 4.78 is 11.6. The summed E-state index contributed by atoms with van der Waals surface area (Å²) in [5.41, 5.74) is -0.348. The van der Waals surface area contributed by atoms with E-state index in [-0.39, 0.29) is 12.8 Å². The molecular weight excluding hydrogens is 252 g/mol. The fourth-order valence-corrected chi connectivity index (χ4v) is 4.70. The topological polar surface area (TPSA) is 38.7 Å². The lowest BCUT2D eigenvalue weighted by atomic mass is 9.68. The van der Waals surface area contributed by atoms with Crippen molar-refractivity contribution in [1.82, 2.24) is 0 Å². The van der Waals surface area contributed by atoms with Crippen molar-refractivity contribution in [3.05, 3.63) is 0 Å². The van der Waals surface area contributed by atoms with Gasteiger partial charge in [-0.2, -0.15) is 0 Å². The number of hydrogen-bond donors (Lipinski definition) is 1. The highest BCUT2D eigenvalue weighted by molar-refractivity contribution is 4.90. The number of hydrogen-bond acceptors (Lipinski definition) is 3. The van der Waals surface area contributed by atoms with Crippen LogP contribution in [0.2, 0.25) is 0 Å². The summed E-state index contributed by atoms with van der Waals surface area (Å²) in [4.78, 5) is 0. The fraction of sp³-hybridized carbons (Fsp3) is 1.00. The van der Waals surface area contributed by atoms with Crippen LogP contribution in [0, 0.1) is 11.8 Å². The molecule has 0 aromatic heterocycles. The van der Waals surface area contributed by atoms with Crippen LogP contribution in [0.15, 0.2) is 0 Å². The van der Waals surface area contributed by atoms with E-state index in [9.17, 15) is 5.11 Å². The van der Waals surface area contributed by atoms with Gasteiger partial charge in [-0.15, -0.1) is 0 Å². The summed E-state index contributed by atoms with van der Waals surface area (Å²) in [7, 11) is 0. The highest BCUT2D eigenvalue weighted by Gasteiger charge is 2.43. The minimum Gasteiger partial charge on any atom is -0.390 e. The molecule has 0 bridgehead atoms. The Morgan fingerprint density at radius 1 is 0.950 bits per heavy atom. The molecule has 3 nitrogen and oxygen atoms in total. The second-order valence-electron chi connectivity index (χ2n) is 7.26. The van der Waals surface area contributed by atoms with Crippen LogP contribution in [0.3, 0.4) is 0 Å². The van der Waals surface area contributed by atoms with Gasteiger partial charge in [0.25, 0.3) is 0 Å². The van der Waals surface area contributed by atoms with Gasteiger partial charge in [-0.05, 0) is 56.8 Å². The Hall–Kier alpha value is -0.120. The van der Waals surface area contributed by atoms with E-state index in [0.717, 1.165) is 63.6 Å². The summed E-state index contributed by atoms with van der Waals surface area (Å²) in [6, 6.07) is 0. The molecule has 118 valence electrons. The number of rotatable bonds is 3. The third kappa shape index (κ3) is 3.05. The molecule has 3 fully saturated rings. The van der Waals surface area contributed by atoms with Gasteiger partial charge in [0, 0.05) is 14.3 Å². The van der Waals surface area contributed by atoms with Crippen molar-refractivity contribution in [2.24, 2.45) is 11.8 Å². The average molecular weight is 284 g/mol. The van der Waals surface area contributed by atoms with Crippen LogP contribution in [0.25, 0.3) is 0 Å². The molecule has 20 heavy (non-hydrogen) atoms. The van der Waals surface area contributed by atoms with Crippen molar-refractivity contribution >= 4 is 0 Å². The fourth-order valence-electron chi connectivity index (χ4n) is 4.70. The zero-order valence-electron chi connectivity index (χ0n) is 12.9. The molecule has 0 unspecified atom stereocenters. The molecule has 0 radical (unpaired) electrons. The molecule has 1 N–H and O–H groups in total. The SMILES string of the molecule is CCCC1(O)CCC(C2CCC3(CC2)OCCO3)CC1.[HH]. The minimum absolute atomic E-state index is 0. The van der Waals surface area contributed by atoms with Crippen molar-refractivity contribution in [3.63, 3.8) is 0 Å². The first-order valence-corrected chi connectivity index (χ1v) is 8.65. The summed E-state index contributed by atoms with van der Waals surface area (Å²) in [6.07, 6.45) is 11.2. The van der Waals surface area contributed by atoms with Crippen LogP contribution in [0.1, 0.15) is 72.6 Å². The van der Waals surface area contributed by atoms with Gasteiger partial charge in [-0.25, -0.2) is 0 Å². The molecule has 0 atom stereocenters. The first-order chi connectivity index (χ1) is 9.65. The Labute approximate surface area is 124 Å². The molecule has 3 rings (SSSR count). The number of ether oxygens (including phenoxy) is 2. The Morgan fingerprint density at radius 3 is 1.95 bits per heavy atom. The largest absolute Gasteiger partial charge is 0.390 e. The summed E-state index contributed by atoms with van der Waals surface area (Å²) in [5.74, 6) is 1.44. The van der Waals surface area contributed by atoms with Crippen LogP contribution in [0.4, 0.5) is 0 Å². The maximum atomic E-state index is 10.5. The summed E-state index contributed by atoms with van der Waals surface area (Å²) in [5, 5.41) is 10.5. The van der Waals surface area contributed by atoms with Crippen LogP contribution < -0.4 is 0 Å². The van der Waals surface area contributed by atoms with E-state index < -0.39 is 0 Å². The monoisotopic (exact) mass is 284 g/mol. The molecule has 0 aromatic rings. The van der Waals surface area contributed by atoms with E-state index in [0.29, 0.717) is 0 Å². The maximum absolute atomic E-state index is 10.5. The maximum Gasteiger partial charge on any atom is 0.168 e. The van der Waals surface area contributed by atoms with E-state index in [2.05, 4.69) is 6.92 Å². The van der Waals surface area contributed by atoms with Gasteiger partial charge in [-0.1, -0.05) is 13.3 Å². The van der Waals surface area contributed by atoms with Crippen LogP contribution in [0.5, 0.6) is 0 Å².